The molecule has 1 aliphatic heterocycles. The predicted molar refractivity (Wildman–Crippen MR) is 104 cm³/mol. The van der Waals surface area contributed by atoms with Gasteiger partial charge in [-0.05, 0) is 36.1 Å². The fourth-order valence-corrected chi connectivity index (χ4v) is 3.62. The topological polar surface area (TPSA) is 25.4 Å². The Morgan fingerprint density at radius 2 is 1.62 bits per heavy atom. The summed E-state index contributed by atoms with van der Waals surface area (Å²) >= 11 is 0. The first kappa shape index (κ1) is 16.8. The molecule has 26 heavy (non-hydrogen) atoms. The summed E-state index contributed by atoms with van der Waals surface area (Å²) in [6.45, 7) is 2.69. The number of hydrogen-bond acceptors (Lipinski definition) is 3. The third kappa shape index (κ3) is 4.12. The van der Waals surface area contributed by atoms with Crippen LogP contribution in [0.1, 0.15) is 35.6 Å². The van der Waals surface area contributed by atoms with Crippen LogP contribution in [0.4, 0.5) is 0 Å². The minimum Gasteiger partial charge on any atom is -0.473 e. The fourth-order valence-electron chi connectivity index (χ4n) is 3.62. The molecule has 0 spiro atoms. The molecule has 0 amide bonds. The summed E-state index contributed by atoms with van der Waals surface area (Å²) in [4.78, 5) is 7.08. The molecular weight excluding hydrogens is 320 g/mol. The third-order valence-corrected chi connectivity index (χ3v) is 4.97. The SMILES string of the molecule is c1ccc(COc2ccc(C3CCCN3Cc3ccccc3)cn2)cc1. The maximum Gasteiger partial charge on any atom is 0.213 e. The molecule has 3 heteroatoms. The maximum absolute atomic E-state index is 5.81. The number of hydrogen-bond donors (Lipinski definition) is 0. The minimum atomic E-state index is 0.450. The van der Waals surface area contributed by atoms with Crippen LogP contribution in [-0.2, 0) is 13.2 Å². The van der Waals surface area contributed by atoms with Gasteiger partial charge in [-0.15, -0.1) is 0 Å². The average Bonchev–Trinajstić information content (AvgIpc) is 3.16. The minimum absolute atomic E-state index is 0.450. The van der Waals surface area contributed by atoms with Gasteiger partial charge in [0.25, 0.3) is 0 Å². The van der Waals surface area contributed by atoms with Gasteiger partial charge >= 0.3 is 0 Å². The number of likely N-dealkylation sites (tertiary alicyclic amines) is 1. The number of nitrogens with zero attached hydrogens (tertiary/aromatic N) is 2. The summed E-state index contributed by atoms with van der Waals surface area (Å²) in [5, 5.41) is 0. The summed E-state index contributed by atoms with van der Waals surface area (Å²) in [7, 11) is 0. The largest absolute Gasteiger partial charge is 0.473 e. The van der Waals surface area contributed by atoms with Crippen molar-refractivity contribution in [2.75, 3.05) is 6.54 Å². The van der Waals surface area contributed by atoms with Gasteiger partial charge < -0.3 is 4.74 Å². The molecule has 1 saturated heterocycles. The maximum atomic E-state index is 5.81. The first-order chi connectivity index (χ1) is 12.9. The van der Waals surface area contributed by atoms with Crippen molar-refractivity contribution >= 4 is 0 Å². The fraction of sp³-hybridized carbons (Fsp3) is 0.261. The molecular formula is C23H24N2O. The van der Waals surface area contributed by atoms with E-state index >= 15 is 0 Å². The monoisotopic (exact) mass is 344 g/mol. The molecule has 1 aromatic heterocycles. The second kappa shape index (κ2) is 8.15. The second-order valence-electron chi connectivity index (χ2n) is 6.82. The molecule has 0 radical (unpaired) electrons. The number of rotatable bonds is 6. The molecule has 1 fully saturated rings. The molecule has 0 saturated carbocycles. The highest BCUT2D eigenvalue weighted by Gasteiger charge is 2.26. The van der Waals surface area contributed by atoms with Crippen molar-refractivity contribution in [3.8, 4) is 5.88 Å². The van der Waals surface area contributed by atoms with Gasteiger partial charge in [0.15, 0.2) is 0 Å². The van der Waals surface area contributed by atoms with Crippen LogP contribution in [-0.4, -0.2) is 16.4 Å². The predicted octanol–water partition coefficient (Wildman–Crippen LogP) is 5.00. The molecule has 4 rings (SSSR count). The van der Waals surface area contributed by atoms with Crippen LogP contribution in [0.5, 0.6) is 5.88 Å². The zero-order valence-corrected chi connectivity index (χ0v) is 14.9. The summed E-state index contributed by atoms with van der Waals surface area (Å²) in [6, 6.07) is 25.5. The molecule has 1 aliphatic rings. The van der Waals surface area contributed by atoms with Crippen LogP contribution < -0.4 is 4.74 Å². The zero-order valence-electron chi connectivity index (χ0n) is 14.9. The van der Waals surface area contributed by atoms with Crippen LogP contribution in [0, 0.1) is 0 Å². The highest BCUT2D eigenvalue weighted by Crippen LogP contribution is 2.33. The average molecular weight is 344 g/mol. The highest BCUT2D eigenvalue weighted by atomic mass is 16.5. The Labute approximate surface area is 155 Å². The van der Waals surface area contributed by atoms with E-state index in [1.807, 2.05) is 30.5 Å². The van der Waals surface area contributed by atoms with Gasteiger partial charge in [-0.2, -0.15) is 0 Å². The smallest absolute Gasteiger partial charge is 0.213 e. The Hall–Kier alpha value is -2.65. The van der Waals surface area contributed by atoms with Crippen molar-refractivity contribution in [1.82, 2.24) is 9.88 Å². The molecule has 1 unspecified atom stereocenters. The van der Waals surface area contributed by atoms with Crippen molar-refractivity contribution in [3.63, 3.8) is 0 Å². The van der Waals surface area contributed by atoms with E-state index in [-0.39, 0.29) is 0 Å². The summed E-state index contributed by atoms with van der Waals surface area (Å²) in [5.74, 6) is 0.685. The van der Waals surface area contributed by atoms with Crippen LogP contribution in [0.15, 0.2) is 79.0 Å². The zero-order chi connectivity index (χ0) is 17.6. The van der Waals surface area contributed by atoms with E-state index in [4.69, 9.17) is 4.74 Å². The quantitative estimate of drug-likeness (QED) is 0.629. The van der Waals surface area contributed by atoms with Gasteiger partial charge in [0.05, 0.1) is 0 Å². The van der Waals surface area contributed by atoms with Gasteiger partial charge in [-0.1, -0.05) is 66.7 Å². The van der Waals surface area contributed by atoms with E-state index in [1.54, 1.807) is 0 Å². The van der Waals surface area contributed by atoms with E-state index in [2.05, 4.69) is 58.4 Å². The van der Waals surface area contributed by atoms with E-state index in [0.717, 1.165) is 18.7 Å². The molecule has 3 aromatic rings. The molecule has 132 valence electrons. The number of pyridine rings is 1. The van der Waals surface area contributed by atoms with Crippen molar-refractivity contribution in [1.29, 1.82) is 0 Å². The number of aromatic nitrogens is 1. The lowest BCUT2D eigenvalue weighted by molar-refractivity contribution is 0.247. The summed E-state index contributed by atoms with van der Waals surface area (Å²) in [6.07, 6.45) is 4.41. The van der Waals surface area contributed by atoms with E-state index in [1.165, 1.54) is 24.0 Å². The normalized spacial score (nSPS) is 17.3. The van der Waals surface area contributed by atoms with Gasteiger partial charge in [0, 0.05) is 24.8 Å². The lowest BCUT2D eigenvalue weighted by Crippen LogP contribution is -2.22. The Bertz CT molecular complexity index is 803. The van der Waals surface area contributed by atoms with E-state index in [0.29, 0.717) is 18.5 Å². The van der Waals surface area contributed by atoms with Crippen molar-refractivity contribution in [2.45, 2.75) is 32.0 Å². The van der Waals surface area contributed by atoms with Crippen LogP contribution >= 0.6 is 0 Å². The van der Waals surface area contributed by atoms with Crippen molar-refractivity contribution in [3.05, 3.63) is 95.7 Å². The van der Waals surface area contributed by atoms with Crippen LogP contribution in [0.3, 0.4) is 0 Å². The highest BCUT2D eigenvalue weighted by molar-refractivity contribution is 5.23. The summed E-state index contributed by atoms with van der Waals surface area (Å²) < 4.78 is 5.81. The van der Waals surface area contributed by atoms with E-state index < -0.39 is 0 Å². The van der Waals surface area contributed by atoms with Crippen molar-refractivity contribution < 1.29 is 4.74 Å². The van der Waals surface area contributed by atoms with Crippen molar-refractivity contribution in [2.24, 2.45) is 0 Å². The standard InChI is InChI=1S/C23H24N2O/c1-3-8-19(9-4-1)17-25-15-7-12-22(25)21-13-14-23(24-16-21)26-18-20-10-5-2-6-11-20/h1-6,8-11,13-14,16,22H,7,12,15,17-18H2. The molecule has 2 aromatic carbocycles. The van der Waals surface area contributed by atoms with E-state index in [9.17, 15) is 0 Å². The Morgan fingerprint density at radius 1 is 0.885 bits per heavy atom. The lowest BCUT2D eigenvalue weighted by atomic mass is 10.1. The number of benzene rings is 2. The first-order valence-corrected chi connectivity index (χ1v) is 9.29. The lowest BCUT2D eigenvalue weighted by Gasteiger charge is -2.24. The Morgan fingerprint density at radius 3 is 2.31 bits per heavy atom. The van der Waals surface area contributed by atoms with Crippen LogP contribution in [0.25, 0.3) is 0 Å². The van der Waals surface area contributed by atoms with Gasteiger partial charge in [-0.3, -0.25) is 4.90 Å². The molecule has 1 atom stereocenters. The third-order valence-electron chi connectivity index (χ3n) is 4.97. The molecule has 0 bridgehead atoms. The first-order valence-electron chi connectivity index (χ1n) is 9.29. The van der Waals surface area contributed by atoms with Crippen LogP contribution in [0.2, 0.25) is 0 Å². The van der Waals surface area contributed by atoms with Gasteiger partial charge in [0.2, 0.25) is 5.88 Å². The van der Waals surface area contributed by atoms with Gasteiger partial charge in [-0.25, -0.2) is 4.98 Å². The molecule has 3 nitrogen and oxygen atoms in total. The molecule has 0 N–H and O–H groups in total. The Balaban J connectivity index is 1.39. The summed E-state index contributed by atoms with van der Waals surface area (Å²) in [5.41, 5.74) is 3.81. The molecule has 0 aliphatic carbocycles. The second-order valence-corrected chi connectivity index (χ2v) is 6.82. The number of ether oxygens (including phenoxy) is 1. The molecule has 2 heterocycles. The van der Waals surface area contributed by atoms with Gasteiger partial charge in [0.1, 0.15) is 6.61 Å². The Kier molecular flexibility index (Phi) is 5.27.